The Balaban J connectivity index is 3.34. The van der Waals surface area contributed by atoms with Crippen molar-refractivity contribution in [2.75, 3.05) is 5.73 Å². The summed E-state index contributed by atoms with van der Waals surface area (Å²) in [5.41, 5.74) is 2.55. The molecular formula is C7H4F5N3O3. The summed E-state index contributed by atoms with van der Waals surface area (Å²) in [6, 6.07) is 0.189. The van der Waals surface area contributed by atoms with Crippen LogP contribution in [0.15, 0.2) is 6.07 Å². The highest BCUT2D eigenvalue weighted by molar-refractivity contribution is 5.53. The first-order chi connectivity index (χ1) is 8.11. The Morgan fingerprint density at radius 1 is 1.44 bits per heavy atom. The SMILES string of the molecule is Nc1nc(OC(F)(F)F)c([N+](=O)[O-])cc1C(F)F. The van der Waals surface area contributed by atoms with E-state index >= 15 is 0 Å². The molecule has 11 heteroatoms. The maximum atomic E-state index is 12.3. The predicted octanol–water partition coefficient (Wildman–Crippen LogP) is 2.41. The van der Waals surface area contributed by atoms with Gasteiger partial charge in [0, 0.05) is 6.07 Å². The van der Waals surface area contributed by atoms with Crippen LogP contribution < -0.4 is 10.5 Å². The van der Waals surface area contributed by atoms with E-state index in [1.807, 2.05) is 0 Å². The lowest BCUT2D eigenvalue weighted by atomic mass is 10.2. The fourth-order valence-electron chi connectivity index (χ4n) is 1.00. The van der Waals surface area contributed by atoms with E-state index in [1.54, 1.807) is 0 Å². The number of aromatic nitrogens is 1. The van der Waals surface area contributed by atoms with Gasteiger partial charge in [-0.25, -0.2) is 8.78 Å². The fourth-order valence-corrected chi connectivity index (χ4v) is 1.00. The summed E-state index contributed by atoms with van der Waals surface area (Å²) in [6.07, 6.45) is -8.47. The van der Waals surface area contributed by atoms with E-state index in [0.717, 1.165) is 0 Å². The first-order valence-corrected chi connectivity index (χ1v) is 4.10. The third-order valence-corrected chi connectivity index (χ3v) is 1.67. The number of nitro groups is 1. The zero-order chi connectivity index (χ0) is 14.1. The Morgan fingerprint density at radius 3 is 2.39 bits per heavy atom. The number of nitrogen functional groups attached to an aromatic ring is 1. The van der Waals surface area contributed by atoms with Gasteiger partial charge in [-0.3, -0.25) is 10.1 Å². The average molecular weight is 273 g/mol. The van der Waals surface area contributed by atoms with Crippen molar-refractivity contribution in [1.29, 1.82) is 0 Å². The normalized spacial score (nSPS) is 11.7. The highest BCUT2D eigenvalue weighted by Crippen LogP contribution is 2.35. The second kappa shape index (κ2) is 4.58. The summed E-state index contributed by atoms with van der Waals surface area (Å²) >= 11 is 0. The van der Waals surface area contributed by atoms with Crippen LogP contribution in [0.3, 0.4) is 0 Å². The van der Waals surface area contributed by atoms with Crippen LogP contribution in [0.4, 0.5) is 33.5 Å². The van der Waals surface area contributed by atoms with Crippen LogP contribution in [-0.2, 0) is 0 Å². The zero-order valence-electron chi connectivity index (χ0n) is 8.24. The number of ether oxygens (including phenoxy) is 1. The van der Waals surface area contributed by atoms with Gasteiger partial charge >= 0.3 is 17.9 Å². The van der Waals surface area contributed by atoms with Gasteiger partial charge in [0.1, 0.15) is 5.82 Å². The van der Waals surface area contributed by atoms with Gasteiger partial charge in [0.05, 0.1) is 10.5 Å². The van der Waals surface area contributed by atoms with Crippen LogP contribution in [-0.4, -0.2) is 16.3 Å². The van der Waals surface area contributed by atoms with Gasteiger partial charge in [-0.15, -0.1) is 13.2 Å². The predicted molar refractivity (Wildman–Crippen MR) is 46.9 cm³/mol. The Hall–Kier alpha value is -2.20. The van der Waals surface area contributed by atoms with E-state index < -0.39 is 40.7 Å². The molecule has 0 aliphatic rings. The van der Waals surface area contributed by atoms with Crippen molar-refractivity contribution in [3.05, 3.63) is 21.7 Å². The summed E-state index contributed by atoms with van der Waals surface area (Å²) in [7, 11) is 0. The molecule has 0 aromatic carbocycles. The number of nitrogens with zero attached hydrogens (tertiary/aromatic N) is 2. The fraction of sp³-hybridized carbons (Fsp3) is 0.286. The standard InChI is InChI=1S/C7H4F5N3O3/c8-4(9)2-1-3(15(16)17)6(14-5(2)13)18-7(10,11)12/h1,4H,(H2,13,14). The van der Waals surface area contributed by atoms with Crippen LogP contribution in [0, 0.1) is 10.1 Å². The minimum Gasteiger partial charge on any atom is -0.383 e. The minimum absolute atomic E-state index is 0.189. The van der Waals surface area contributed by atoms with Gasteiger partial charge < -0.3 is 10.5 Å². The van der Waals surface area contributed by atoms with E-state index in [2.05, 4.69) is 9.72 Å². The van der Waals surface area contributed by atoms with Crippen molar-refractivity contribution >= 4 is 11.5 Å². The topological polar surface area (TPSA) is 91.3 Å². The molecule has 1 aromatic heterocycles. The number of anilines is 1. The van der Waals surface area contributed by atoms with Crippen LogP contribution >= 0.6 is 0 Å². The second-order valence-electron chi connectivity index (χ2n) is 2.89. The van der Waals surface area contributed by atoms with Crippen LogP contribution in [0.5, 0.6) is 5.88 Å². The molecule has 0 fully saturated rings. The van der Waals surface area contributed by atoms with Gasteiger partial charge in [-0.2, -0.15) is 4.98 Å². The van der Waals surface area contributed by atoms with E-state index in [0.29, 0.717) is 0 Å². The van der Waals surface area contributed by atoms with Crippen molar-refractivity contribution < 1.29 is 31.6 Å². The number of hydrogen-bond acceptors (Lipinski definition) is 5. The molecule has 0 spiro atoms. The van der Waals surface area contributed by atoms with Crippen molar-refractivity contribution in [3.63, 3.8) is 0 Å². The molecule has 0 aliphatic heterocycles. The summed E-state index contributed by atoms with van der Waals surface area (Å²) in [5.74, 6) is -2.47. The van der Waals surface area contributed by atoms with E-state index in [1.165, 1.54) is 0 Å². The van der Waals surface area contributed by atoms with Gasteiger partial charge in [-0.05, 0) is 0 Å². The van der Waals surface area contributed by atoms with Gasteiger partial charge in [-0.1, -0.05) is 0 Å². The molecule has 0 saturated carbocycles. The molecule has 0 aliphatic carbocycles. The van der Waals surface area contributed by atoms with E-state index in [9.17, 15) is 32.1 Å². The van der Waals surface area contributed by atoms with Gasteiger partial charge in [0.15, 0.2) is 0 Å². The molecule has 0 amide bonds. The summed E-state index contributed by atoms with van der Waals surface area (Å²) < 4.78 is 63.6. The quantitative estimate of drug-likeness (QED) is 0.518. The smallest absolute Gasteiger partial charge is 0.383 e. The van der Waals surface area contributed by atoms with E-state index in [-0.39, 0.29) is 6.07 Å². The molecular weight excluding hydrogens is 269 g/mol. The molecule has 18 heavy (non-hydrogen) atoms. The number of hydrogen-bond donors (Lipinski definition) is 1. The second-order valence-corrected chi connectivity index (χ2v) is 2.89. The number of halogens is 5. The Morgan fingerprint density at radius 2 is 2.00 bits per heavy atom. The lowest BCUT2D eigenvalue weighted by Crippen LogP contribution is -2.19. The molecule has 0 bridgehead atoms. The molecule has 1 aromatic rings. The molecule has 100 valence electrons. The average Bonchev–Trinajstić information content (AvgIpc) is 2.13. The van der Waals surface area contributed by atoms with Gasteiger partial charge in [0.2, 0.25) is 0 Å². The van der Waals surface area contributed by atoms with Crippen LogP contribution in [0.2, 0.25) is 0 Å². The first-order valence-electron chi connectivity index (χ1n) is 4.10. The number of pyridine rings is 1. The summed E-state index contributed by atoms with van der Waals surface area (Å²) in [4.78, 5) is 11.9. The molecule has 1 rings (SSSR count). The van der Waals surface area contributed by atoms with Crippen molar-refractivity contribution in [1.82, 2.24) is 4.98 Å². The van der Waals surface area contributed by atoms with Crippen molar-refractivity contribution in [2.45, 2.75) is 12.8 Å². The highest BCUT2D eigenvalue weighted by Gasteiger charge is 2.36. The third-order valence-electron chi connectivity index (χ3n) is 1.67. The van der Waals surface area contributed by atoms with Gasteiger partial charge in [0.25, 0.3) is 6.43 Å². The first kappa shape index (κ1) is 13.9. The monoisotopic (exact) mass is 273 g/mol. The number of nitrogens with two attached hydrogens (primary N) is 1. The molecule has 0 radical (unpaired) electrons. The molecule has 1 heterocycles. The number of rotatable bonds is 3. The summed E-state index contributed by atoms with van der Waals surface area (Å²) in [6.45, 7) is 0. The Kier molecular flexibility index (Phi) is 3.53. The molecule has 0 saturated heterocycles. The maximum Gasteiger partial charge on any atom is 0.574 e. The van der Waals surface area contributed by atoms with Crippen molar-refractivity contribution in [3.8, 4) is 5.88 Å². The highest BCUT2D eigenvalue weighted by atomic mass is 19.4. The Bertz CT molecular complexity index is 476. The molecule has 6 nitrogen and oxygen atoms in total. The largest absolute Gasteiger partial charge is 0.574 e. The number of alkyl halides is 5. The molecule has 2 N–H and O–H groups in total. The maximum absolute atomic E-state index is 12.3. The zero-order valence-corrected chi connectivity index (χ0v) is 8.24. The lowest BCUT2D eigenvalue weighted by Gasteiger charge is -2.10. The minimum atomic E-state index is -5.25. The third kappa shape index (κ3) is 3.15. The van der Waals surface area contributed by atoms with Crippen molar-refractivity contribution in [2.24, 2.45) is 0 Å². The molecule has 0 atom stereocenters. The van der Waals surface area contributed by atoms with Crippen LogP contribution in [0.25, 0.3) is 0 Å². The Labute approximate surface area is 95.3 Å². The molecule has 0 unspecified atom stereocenters. The van der Waals surface area contributed by atoms with Crippen LogP contribution in [0.1, 0.15) is 12.0 Å². The lowest BCUT2D eigenvalue weighted by molar-refractivity contribution is -0.389. The summed E-state index contributed by atoms with van der Waals surface area (Å²) in [5, 5.41) is 10.4. The van der Waals surface area contributed by atoms with E-state index in [4.69, 9.17) is 5.73 Å².